The fourth-order valence-corrected chi connectivity index (χ4v) is 3.99. The first-order chi connectivity index (χ1) is 16.4. The van der Waals surface area contributed by atoms with Crippen LogP contribution in [0.25, 0.3) is 5.76 Å². The van der Waals surface area contributed by atoms with Crippen LogP contribution in [0.3, 0.4) is 0 Å². The zero-order valence-corrected chi connectivity index (χ0v) is 20.4. The average Bonchev–Trinajstić information content (AvgIpc) is 3.10. The third-order valence-corrected chi connectivity index (χ3v) is 5.88. The monoisotopic (exact) mass is 466 g/mol. The molecule has 2 aromatic rings. The molecule has 0 aromatic heterocycles. The normalized spacial score (nSPS) is 17.4. The largest absolute Gasteiger partial charge is 0.507 e. The van der Waals surface area contributed by atoms with E-state index in [4.69, 9.17) is 9.47 Å². The molecule has 182 valence electrons. The molecule has 1 aliphatic rings. The number of carbonyl (C=O) groups excluding carboxylic acids is 2. The zero-order valence-electron chi connectivity index (χ0n) is 20.4. The van der Waals surface area contributed by atoms with Gasteiger partial charge in [-0.25, -0.2) is 0 Å². The van der Waals surface area contributed by atoms with Gasteiger partial charge in [0.2, 0.25) is 0 Å². The van der Waals surface area contributed by atoms with Gasteiger partial charge in [-0.2, -0.15) is 0 Å². The Morgan fingerprint density at radius 3 is 2.44 bits per heavy atom. The van der Waals surface area contributed by atoms with Crippen molar-refractivity contribution in [2.75, 3.05) is 40.9 Å². The van der Waals surface area contributed by atoms with Gasteiger partial charge in [0.15, 0.2) is 0 Å². The SMILES string of the molecule is CCCCCOc1cccc(C2C(=C(O)c3ccc(OC)cc3)C(=O)C(=O)N2CCN(C)C)c1. The lowest BCUT2D eigenvalue weighted by molar-refractivity contribution is -0.140. The first-order valence-corrected chi connectivity index (χ1v) is 11.7. The van der Waals surface area contributed by atoms with Gasteiger partial charge in [-0.1, -0.05) is 31.9 Å². The summed E-state index contributed by atoms with van der Waals surface area (Å²) >= 11 is 0. The van der Waals surface area contributed by atoms with E-state index >= 15 is 0 Å². The summed E-state index contributed by atoms with van der Waals surface area (Å²) in [4.78, 5) is 29.7. The number of rotatable bonds is 11. The van der Waals surface area contributed by atoms with Crippen LogP contribution < -0.4 is 9.47 Å². The molecular weight excluding hydrogens is 432 g/mol. The van der Waals surface area contributed by atoms with Crippen LogP contribution in [-0.2, 0) is 9.59 Å². The maximum absolute atomic E-state index is 13.1. The van der Waals surface area contributed by atoms with Crippen molar-refractivity contribution in [3.8, 4) is 11.5 Å². The molecule has 1 N–H and O–H groups in total. The predicted molar refractivity (Wildman–Crippen MR) is 132 cm³/mol. The van der Waals surface area contributed by atoms with E-state index < -0.39 is 17.7 Å². The average molecular weight is 467 g/mol. The number of aliphatic hydroxyl groups is 1. The molecule has 1 aliphatic heterocycles. The predicted octanol–water partition coefficient (Wildman–Crippen LogP) is 4.25. The highest BCUT2D eigenvalue weighted by Gasteiger charge is 2.46. The van der Waals surface area contributed by atoms with Crippen molar-refractivity contribution in [2.24, 2.45) is 0 Å². The maximum atomic E-state index is 13.1. The summed E-state index contributed by atoms with van der Waals surface area (Å²) in [6.07, 6.45) is 3.15. The lowest BCUT2D eigenvalue weighted by Gasteiger charge is -2.27. The molecule has 0 spiro atoms. The molecule has 1 amide bonds. The van der Waals surface area contributed by atoms with Gasteiger partial charge in [-0.05, 0) is 62.5 Å². The molecule has 1 heterocycles. The van der Waals surface area contributed by atoms with Gasteiger partial charge in [0.1, 0.15) is 17.3 Å². The Labute approximate surface area is 201 Å². The van der Waals surface area contributed by atoms with E-state index in [1.54, 1.807) is 31.4 Å². The minimum Gasteiger partial charge on any atom is -0.507 e. The fraction of sp³-hybridized carbons (Fsp3) is 0.407. The number of Topliss-reactive ketones (excluding diaryl/α,β-unsaturated/α-hetero) is 1. The lowest BCUT2D eigenvalue weighted by atomic mass is 9.95. The number of amides is 1. The van der Waals surface area contributed by atoms with E-state index in [1.165, 1.54) is 4.90 Å². The first kappa shape index (κ1) is 25.3. The second-order valence-corrected chi connectivity index (χ2v) is 8.65. The molecule has 0 aliphatic carbocycles. The third kappa shape index (κ3) is 5.78. The molecule has 7 nitrogen and oxygen atoms in total. The summed E-state index contributed by atoms with van der Waals surface area (Å²) in [5.74, 6) is -0.196. The van der Waals surface area contributed by atoms with Crippen molar-refractivity contribution < 1.29 is 24.2 Å². The Morgan fingerprint density at radius 1 is 1.06 bits per heavy atom. The van der Waals surface area contributed by atoms with Crippen LogP contribution in [0, 0.1) is 0 Å². The zero-order chi connectivity index (χ0) is 24.7. The number of unbranched alkanes of at least 4 members (excludes halogenated alkanes) is 2. The van der Waals surface area contributed by atoms with E-state index in [9.17, 15) is 14.7 Å². The number of ether oxygens (including phenoxy) is 2. The van der Waals surface area contributed by atoms with Crippen LogP contribution in [0.1, 0.15) is 43.4 Å². The second-order valence-electron chi connectivity index (χ2n) is 8.65. The summed E-state index contributed by atoms with van der Waals surface area (Å²) in [6, 6.07) is 13.5. The number of aliphatic hydroxyl groups excluding tert-OH is 1. The molecule has 1 saturated heterocycles. The number of benzene rings is 2. The van der Waals surface area contributed by atoms with Gasteiger partial charge in [0.05, 0.1) is 25.3 Å². The topological polar surface area (TPSA) is 79.3 Å². The van der Waals surface area contributed by atoms with Crippen molar-refractivity contribution in [1.82, 2.24) is 9.80 Å². The van der Waals surface area contributed by atoms with Crippen LogP contribution in [0.4, 0.5) is 0 Å². The Kier molecular flexibility index (Phi) is 8.71. The Morgan fingerprint density at radius 2 is 1.79 bits per heavy atom. The van der Waals surface area contributed by atoms with Crippen molar-refractivity contribution >= 4 is 17.4 Å². The highest BCUT2D eigenvalue weighted by atomic mass is 16.5. The number of likely N-dealkylation sites (tertiary alicyclic amines) is 1. The first-order valence-electron chi connectivity index (χ1n) is 11.7. The van der Waals surface area contributed by atoms with Gasteiger partial charge >= 0.3 is 0 Å². The molecule has 3 rings (SSSR count). The molecule has 2 aromatic carbocycles. The lowest BCUT2D eigenvalue weighted by Crippen LogP contribution is -2.35. The summed E-state index contributed by atoms with van der Waals surface area (Å²) in [7, 11) is 5.38. The number of hydrogen-bond donors (Lipinski definition) is 1. The molecule has 0 bridgehead atoms. The van der Waals surface area contributed by atoms with E-state index in [-0.39, 0.29) is 11.3 Å². The quantitative estimate of drug-likeness (QED) is 0.231. The number of nitrogens with zero attached hydrogens (tertiary/aromatic N) is 2. The van der Waals surface area contributed by atoms with Gasteiger partial charge in [-0.15, -0.1) is 0 Å². The molecule has 1 unspecified atom stereocenters. The van der Waals surface area contributed by atoms with E-state index in [0.717, 1.165) is 24.8 Å². The summed E-state index contributed by atoms with van der Waals surface area (Å²) in [5.41, 5.74) is 1.25. The van der Waals surface area contributed by atoms with Crippen molar-refractivity contribution in [2.45, 2.75) is 32.2 Å². The molecular formula is C27H34N2O5. The summed E-state index contributed by atoms with van der Waals surface area (Å²) < 4.78 is 11.1. The van der Waals surface area contributed by atoms with E-state index in [2.05, 4.69) is 6.92 Å². The molecule has 0 saturated carbocycles. The highest BCUT2D eigenvalue weighted by Crippen LogP contribution is 2.40. The molecule has 7 heteroatoms. The molecule has 1 atom stereocenters. The minimum absolute atomic E-state index is 0.0806. The standard InChI is InChI=1S/C27H34N2O5/c1-5-6-7-17-34-22-10-8-9-20(18-22)24-23(25(30)19-11-13-21(33-4)14-12-19)26(31)27(32)29(24)16-15-28(2)3/h8-14,18,24,30H,5-7,15-17H2,1-4H3. The molecule has 0 radical (unpaired) electrons. The highest BCUT2D eigenvalue weighted by molar-refractivity contribution is 6.46. The molecule has 34 heavy (non-hydrogen) atoms. The number of hydrogen-bond acceptors (Lipinski definition) is 6. The van der Waals surface area contributed by atoms with Crippen LogP contribution in [-0.4, -0.2) is 67.5 Å². The Balaban J connectivity index is 2.03. The van der Waals surface area contributed by atoms with Crippen molar-refractivity contribution in [3.05, 3.63) is 65.2 Å². The maximum Gasteiger partial charge on any atom is 0.295 e. The van der Waals surface area contributed by atoms with Crippen LogP contribution in [0.15, 0.2) is 54.1 Å². The smallest absolute Gasteiger partial charge is 0.295 e. The van der Waals surface area contributed by atoms with Crippen LogP contribution in [0.5, 0.6) is 11.5 Å². The van der Waals surface area contributed by atoms with Crippen LogP contribution >= 0.6 is 0 Å². The van der Waals surface area contributed by atoms with Gasteiger partial charge in [0, 0.05) is 18.7 Å². The van der Waals surface area contributed by atoms with Gasteiger partial charge < -0.3 is 24.4 Å². The van der Waals surface area contributed by atoms with Crippen molar-refractivity contribution in [3.63, 3.8) is 0 Å². The third-order valence-electron chi connectivity index (χ3n) is 5.88. The number of methoxy groups -OCH3 is 1. The van der Waals surface area contributed by atoms with Crippen LogP contribution in [0.2, 0.25) is 0 Å². The number of ketones is 1. The minimum atomic E-state index is -0.707. The second kappa shape index (κ2) is 11.7. The number of carbonyl (C=O) groups is 2. The summed E-state index contributed by atoms with van der Waals surface area (Å²) in [6.45, 7) is 3.67. The van der Waals surface area contributed by atoms with Gasteiger partial charge in [-0.3, -0.25) is 9.59 Å². The van der Waals surface area contributed by atoms with E-state index in [1.807, 2.05) is 43.3 Å². The summed E-state index contributed by atoms with van der Waals surface area (Å²) in [5, 5.41) is 11.2. The Hall–Kier alpha value is -3.32. The fourth-order valence-electron chi connectivity index (χ4n) is 3.99. The van der Waals surface area contributed by atoms with E-state index in [0.29, 0.717) is 36.8 Å². The van der Waals surface area contributed by atoms with Gasteiger partial charge in [0.25, 0.3) is 11.7 Å². The number of likely N-dealkylation sites (N-methyl/N-ethyl adjacent to an activating group) is 1. The Bertz CT molecular complexity index is 1030. The van der Waals surface area contributed by atoms with Crippen molar-refractivity contribution in [1.29, 1.82) is 0 Å². The molecule has 1 fully saturated rings.